The number of amides is 1. The van der Waals surface area contributed by atoms with E-state index in [9.17, 15) is 4.79 Å². The van der Waals surface area contributed by atoms with E-state index in [0.717, 1.165) is 12.8 Å². The molecule has 1 saturated heterocycles. The lowest BCUT2D eigenvalue weighted by Gasteiger charge is -2.31. The van der Waals surface area contributed by atoms with Crippen LogP contribution in [0.15, 0.2) is 27.3 Å². The maximum absolute atomic E-state index is 12.3. The highest BCUT2D eigenvalue weighted by Crippen LogP contribution is 2.33. The molecule has 2 fully saturated rings. The molecule has 1 aliphatic carbocycles. The van der Waals surface area contributed by atoms with Gasteiger partial charge < -0.3 is 13.8 Å². The number of carbonyl (C=O) groups excluding carboxylic acids is 1. The molecule has 0 spiro atoms. The van der Waals surface area contributed by atoms with Crippen LogP contribution in [0, 0.1) is 0 Å². The highest BCUT2D eigenvalue weighted by Gasteiger charge is 2.37. The number of rotatable bonds is 3. The molecule has 0 aromatic carbocycles. The minimum atomic E-state index is 0.0295. The molecule has 1 atom stereocenters. The van der Waals surface area contributed by atoms with E-state index in [1.165, 1.54) is 19.3 Å². The molecule has 4 rings (SSSR count). The molecule has 1 amide bonds. The lowest BCUT2D eigenvalue weighted by Crippen LogP contribution is -2.37. The molecule has 0 unspecified atom stereocenters. The first kappa shape index (κ1) is 13.5. The van der Waals surface area contributed by atoms with Gasteiger partial charge in [0.1, 0.15) is 0 Å². The summed E-state index contributed by atoms with van der Waals surface area (Å²) in [5, 5.41) is 4.04. The van der Waals surface area contributed by atoms with Gasteiger partial charge in [-0.3, -0.25) is 4.79 Å². The second-order valence-electron chi connectivity index (χ2n) is 6.17. The monoisotopic (exact) mass is 301 g/mol. The lowest BCUT2D eigenvalue weighted by atomic mass is 9.94. The topological polar surface area (TPSA) is 72.4 Å². The zero-order valence-corrected chi connectivity index (χ0v) is 12.4. The predicted molar refractivity (Wildman–Crippen MR) is 77.9 cm³/mol. The molecule has 1 aliphatic heterocycles. The Morgan fingerprint density at radius 3 is 2.86 bits per heavy atom. The van der Waals surface area contributed by atoms with Gasteiger partial charge in [-0.25, -0.2) is 0 Å². The van der Waals surface area contributed by atoms with Crippen LogP contribution in [0.1, 0.15) is 50.3 Å². The van der Waals surface area contributed by atoms with Gasteiger partial charge >= 0.3 is 0 Å². The molecule has 116 valence electrons. The molecule has 0 bridgehead atoms. The number of aromatic nitrogens is 2. The Bertz CT molecular complexity index is 643. The summed E-state index contributed by atoms with van der Waals surface area (Å²) in [7, 11) is 0. The fourth-order valence-corrected chi connectivity index (χ4v) is 3.55. The number of hydrogen-bond acceptors (Lipinski definition) is 5. The summed E-state index contributed by atoms with van der Waals surface area (Å²) < 4.78 is 10.5. The smallest absolute Gasteiger partial charge is 0.293 e. The molecular weight excluding hydrogens is 282 g/mol. The maximum Gasteiger partial charge on any atom is 0.293 e. The molecule has 3 heterocycles. The van der Waals surface area contributed by atoms with Crippen molar-refractivity contribution in [2.75, 3.05) is 6.54 Å². The van der Waals surface area contributed by atoms with E-state index in [4.69, 9.17) is 8.94 Å². The first-order chi connectivity index (χ1) is 10.8. The summed E-state index contributed by atoms with van der Waals surface area (Å²) in [4.78, 5) is 18.7. The maximum atomic E-state index is 12.3. The number of likely N-dealkylation sites (tertiary alicyclic amines) is 1. The Kier molecular flexibility index (Phi) is 3.44. The molecule has 1 saturated carbocycles. The van der Waals surface area contributed by atoms with Crippen molar-refractivity contribution in [2.45, 2.75) is 50.5 Å². The first-order valence-electron chi connectivity index (χ1n) is 7.98. The molecule has 6 nitrogen and oxygen atoms in total. The number of hydrogen-bond donors (Lipinski definition) is 0. The van der Waals surface area contributed by atoms with Gasteiger partial charge in [-0.2, -0.15) is 4.98 Å². The summed E-state index contributed by atoms with van der Waals surface area (Å²) >= 11 is 0. The van der Waals surface area contributed by atoms with Crippen LogP contribution in [0.3, 0.4) is 0 Å². The second kappa shape index (κ2) is 5.59. The molecule has 2 aromatic heterocycles. The van der Waals surface area contributed by atoms with Gasteiger partial charge in [0, 0.05) is 24.9 Å². The van der Waals surface area contributed by atoms with Crippen molar-refractivity contribution in [3.63, 3.8) is 0 Å². The van der Waals surface area contributed by atoms with Gasteiger partial charge in [-0.15, -0.1) is 0 Å². The van der Waals surface area contributed by atoms with E-state index >= 15 is 0 Å². The molecule has 0 radical (unpaired) electrons. The Balaban J connectivity index is 1.48. The summed E-state index contributed by atoms with van der Waals surface area (Å²) in [5.74, 6) is 1.80. The predicted octanol–water partition coefficient (Wildman–Crippen LogP) is 2.98. The van der Waals surface area contributed by atoms with E-state index < -0.39 is 0 Å². The number of furan rings is 1. The zero-order chi connectivity index (χ0) is 14.9. The summed E-state index contributed by atoms with van der Waals surface area (Å²) in [5.41, 5.74) is 0. The fraction of sp³-hybridized carbons (Fsp3) is 0.562. The Morgan fingerprint density at radius 1 is 1.23 bits per heavy atom. The second-order valence-corrected chi connectivity index (χ2v) is 6.17. The third-order valence-corrected chi connectivity index (χ3v) is 4.71. The van der Waals surface area contributed by atoms with Gasteiger partial charge in [-0.05, 0) is 25.0 Å². The van der Waals surface area contributed by atoms with E-state index in [0.29, 0.717) is 36.5 Å². The van der Waals surface area contributed by atoms with Crippen molar-refractivity contribution >= 4 is 5.91 Å². The van der Waals surface area contributed by atoms with Crippen LogP contribution in [0.2, 0.25) is 0 Å². The van der Waals surface area contributed by atoms with Crippen molar-refractivity contribution in [3.05, 3.63) is 24.2 Å². The van der Waals surface area contributed by atoms with Crippen LogP contribution < -0.4 is 0 Å². The SMILES string of the molecule is O=C1C[C@H](c2noc(-c3ccco3)n2)CN1C1CCCCC1. The standard InChI is InChI=1S/C16H19N3O3/c20-14-9-11(10-19(14)12-5-2-1-3-6-12)15-17-16(22-18-15)13-7-4-8-21-13/h4,7-8,11-12H,1-3,5-6,9-10H2/t11-/m0/s1. The highest BCUT2D eigenvalue weighted by atomic mass is 16.5. The molecule has 2 aromatic rings. The Hall–Kier alpha value is -2.11. The van der Waals surface area contributed by atoms with Gasteiger partial charge in [0.15, 0.2) is 11.6 Å². The van der Waals surface area contributed by atoms with Crippen LogP contribution in [-0.2, 0) is 4.79 Å². The van der Waals surface area contributed by atoms with E-state index in [1.54, 1.807) is 18.4 Å². The minimum Gasteiger partial charge on any atom is -0.459 e. The van der Waals surface area contributed by atoms with Crippen molar-refractivity contribution < 1.29 is 13.7 Å². The summed E-state index contributed by atoms with van der Waals surface area (Å²) in [6, 6.07) is 3.97. The van der Waals surface area contributed by atoms with Crippen LogP contribution >= 0.6 is 0 Å². The molecule has 0 N–H and O–H groups in total. The third kappa shape index (κ3) is 2.42. The molecular formula is C16H19N3O3. The zero-order valence-electron chi connectivity index (χ0n) is 12.4. The fourth-order valence-electron chi connectivity index (χ4n) is 3.55. The number of nitrogens with zero attached hydrogens (tertiary/aromatic N) is 3. The highest BCUT2D eigenvalue weighted by molar-refractivity contribution is 5.80. The quantitative estimate of drug-likeness (QED) is 0.871. The van der Waals surface area contributed by atoms with Crippen molar-refractivity contribution in [2.24, 2.45) is 0 Å². The summed E-state index contributed by atoms with van der Waals surface area (Å²) in [6.45, 7) is 0.709. The van der Waals surface area contributed by atoms with Crippen LogP contribution in [0.5, 0.6) is 0 Å². The molecule has 2 aliphatic rings. The molecule has 22 heavy (non-hydrogen) atoms. The Morgan fingerprint density at radius 2 is 2.09 bits per heavy atom. The largest absolute Gasteiger partial charge is 0.459 e. The average Bonchev–Trinajstić information content (AvgIpc) is 3.28. The van der Waals surface area contributed by atoms with E-state index in [1.807, 2.05) is 4.90 Å². The van der Waals surface area contributed by atoms with Crippen molar-refractivity contribution in [1.82, 2.24) is 15.0 Å². The van der Waals surface area contributed by atoms with Gasteiger partial charge in [0.25, 0.3) is 5.89 Å². The molecule has 6 heteroatoms. The van der Waals surface area contributed by atoms with Crippen LogP contribution in [0.4, 0.5) is 0 Å². The van der Waals surface area contributed by atoms with Crippen molar-refractivity contribution in [3.8, 4) is 11.7 Å². The van der Waals surface area contributed by atoms with Gasteiger partial charge in [0.2, 0.25) is 5.91 Å². The third-order valence-electron chi connectivity index (χ3n) is 4.71. The Labute approximate surface area is 128 Å². The minimum absolute atomic E-state index is 0.0295. The summed E-state index contributed by atoms with van der Waals surface area (Å²) in [6.07, 6.45) is 8.05. The van der Waals surface area contributed by atoms with Crippen molar-refractivity contribution in [1.29, 1.82) is 0 Å². The lowest BCUT2D eigenvalue weighted by molar-refractivity contribution is -0.130. The normalized spacial score (nSPS) is 23.4. The average molecular weight is 301 g/mol. The first-order valence-corrected chi connectivity index (χ1v) is 7.98. The van der Waals surface area contributed by atoms with E-state index in [-0.39, 0.29) is 11.8 Å². The van der Waals surface area contributed by atoms with Crippen LogP contribution in [-0.4, -0.2) is 33.5 Å². The van der Waals surface area contributed by atoms with E-state index in [2.05, 4.69) is 10.1 Å². The van der Waals surface area contributed by atoms with Gasteiger partial charge in [-0.1, -0.05) is 24.4 Å². The van der Waals surface area contributed by atoms with Gasteiger partial charge in [0.05, 0.1) is 6.26 Å². The number of carbonyl (C=O) groups is 1. The van der Waals surface area contributed by atoms with Crippen LogP contribution in [0.25, 0.3) is 11.7 Å².